The first kappa shape index (κ1) is 17.8. The normalized spacial score (nSPS) is 11.0. The predicted molar refractivity (Wildman–Crippen MR) is 98.6 cm³/mol. The van der Waals surface area contributed by atoms with Gasteiger partial charge in [0.1, 0.15) is 5.75 Å². The Labute approximate surface area is 144 Å². The van der Waals surface area contributed by atoms with Crippen LogP contribution in [0.5, 0.6) is 5.75 Å². The van der Waals surface area contributed by atoms with Crippen molar-refractivity contribution in [2.24, 2.45) is 0 Å². The minimum absolute atomic E-state index is 0.0797. The molecule has 0 aromatic heterocycles. The molecule has 1 N–H and O–H groups in total. The van der Waals surface area contributed by atoms with E-state index in [1.807, 2.05) is 44.2 Å². The van der Waals surface area contributed by atoms with Gasteiger partial charge in [0.25, 0.3) is 5.91 Å². The first-order valence-corrected chi connectivity index (χ1v) is 8.09. The van der Waals surface area contributed by atoms with Gasteiger partial charge in [0.05, 0.1) is 7.11 Å². The van der Waals surface area contributed by atoms with Gasteiger partial charge in [-0.2, -0.15) is 0 Å². The molecular formula is C21H25NO2. The molecule has 126 valence electrons. The van der Waals surface area contributed by atoms with Gasteiger partial charge in [-0.3, -0.25) is 4.79 Å². The molecule has 2 aromatic rings. The fourth-order valence-electron chi connectivity index (χ4n) is 2.76. The first-order chi connectivity index (χ1) is 11.4. The van der Waals surface area contributed by atoms with E-state index in [0.29, 0.717) is 12.0 Å². The van der Waals surface area contributed by atoms with Gasteiger partial charge in [-0.1, -0.05) is 36.4 Å². The van der Waals surface area contributed by atoms with E-state index >= 15 is 0 Å². The lowest BCUT2D eigenvalue weighted by Gasteiger charge is -2.26. The number of benzene rings is 2. The third-order valence-electron chi connectivity index (χ3n) is 3.85. The van der Waals surface area contributed by atoms with E-state index < -0.39 is 0 Å². The first-order valence-electron chi connectivity index (χ1n) is 8.09. The zero-order chi connectivity index (χ0) is 17.6. The molecule has 0 bridgehead atoms. The molecule has 2 rings (SSSR count). The summed E-state index contributed by atoms with van der Waals surface area (Å²) in [5.41, 5.74) is 2.46. The van der Waals surface area contributed by atoms with Gasteiger partial charge < -0.3 is 10.1 Å². The molecule has 0 atom stereocenters. The van der Waals surface area contributed by atoms with Gasteiger partial charge in [-0.15, -0.1) is 6.58 Å². The minimum Gasteiger partial charge on any atom is -0.496 e. The van der Waals surface area contributed by atoms with E-state index in [-0.39, 0.29) is 11.4 Å². The third kappa shape index (κ3) is 4.72. The summed E-state index contributed by atoms with van der Waals surface area (Å²) in [5, 5.41) is 3.12. The smallest absolute Gasteiger partial charge is 0.251 e. The topological polar surface area (TPSA) is 38.3 Å². The number of methoxy groups -OCH3 is 1. The predicted octanol–water partition coefficient (Wildman–Crippen LogP) is 4.17. The van der Waals surface area contributed by atoms with Crippen LogP contribution >= 0.6 is 0 Å². The van der Waals surface area contributed by atoms with Crippen LogP contribution in [-0.2, 0) is 12.8 Å². The maximum Gasteiger partial charge on any atom is 0.251 e. The maximum atomic E-state index is 12.6. The molecular weight excluding hydrogens is 298 g/mol. The van der Waals surface area contributed by atoms with Gasteiger partial charge in [0.2, 0.25) is 0 Å². The number of carbonyl (C=O) groups excluding carboxylic acids is 1. The lowest BCUT2D eigenvalue weighted by atomic mass is 9.94. The molecule has 0 aliphatic carbocycles. The van der Waals surface area contributed by atoms with Crippen molar-refractivity contribution in [2.45, 2.75) is 32.2 Å². The summed E-state index contributed by atoms with van der Waals surface area (Å²) in [5.74, 6) is 0.693. The number of ether oxygens (including phenoxy) is 1. The van der Waals surface area contributed by atoms with E-state index in [4.69, 9.17) is 4.74 Å². The number of carbonyl (C=O) groups is 1. The average molecular weight is 323 g/mol. The standard InChI is InChI=1S/C21H25NO2/c1-5-9-17-14-18(12-13-19(17)24-4)20(23)22-21(2,3)15-16-10-7-6-8-11-16/h5-8,10-14H,1,9,15H2,2-4H3,(H,22,23). The molecule has 0 radical (unpaired) electrons. The van der Waals surface area contributed by atoms with Crippen molar-refractivity contribution in [3.8, 4) is 5.75 Å². The monoisotopic (exact) mass is 323 g/mol. The zero-order valence-electron chi connectivity index (χ0n) is 14.6. The molecule has 1 amide bonds. The summed E-state index contributed by atoms with van der Waals surface area (Å²) in [7, 11) is 1.63. The Balaban J connectivity index is 2.13. The van der Waals surface area contributed by atoms with E-state index in [2.05, 4.69) is 24.0 Å². The Bertz CT molecular complexity index is 705. The van der Waals surface area contributed by atoms with Crippen LogP contribution < -0.4 is 10.1 Å². The molecule has 0 aliphatic rings. The van der Waals surface area contributed by atoms with Gasteiger partial charge in [-0.05, 0) is 56.0 Å². The number of rotatable bonds is 7. The number of amides is 1. The second-order valence-corrected chi connectivity index (χ2v) is 6.52. The SMILES string of the molecule is C=CCc1cc(C(=O)NC(C)(C)Cc2ccccc2)ccc1OC. The Hall–Kier alpha value is -2.55. The molecule has 0 unspecified atom stereocenters. The number of hydrogen-bond acceptors (Lipinski definition) is 2. The molecule has 0 fully saturated rings. The van der Waals surface area contributed by atoms with E-state index in [9.17, 15) is 4.79 Å². The van der Waals surface area contributed by atoms with Crippen LogP contribution in [0.1, 0.15) is 35.3 Å². The van der Waals surface area contributed by atoms with Gasteiger partial charge in [-0.25, -0.2) is 0 Å². The van der Waals surface area contributed by atoms with Crippen LogP contribution in [0.2, 0.25) is 0 Å². The molecule has 0 spiro atoms. The van der Waals surface area contributed by atoms with Crippen LogP contribution in [-0.4, -0.2) is 18.6 Å². The average Bonchev–Trinajstić information content (AvgIpc) is 2.55. The van der Waals surface area contributed by atoms with Crippen molar-refractivity contribution in [1.82, 2.24) is 5.32 Å². The third-order valence-corrected chi connectivity index (χ3v) is 3.85. The molecule has 2 aromatic carbocycles. The van der Waals surface area contributed by atoms with Gasteiger partial charge in [0.15, 0.2) is 0 Å². The van der Waals surface area contributed by atoms with Crippen molar-refractivity contribution in [3.63, 3.8) is 0 Å². The summed E-state index contributed by atoms with van der Waals surface area (Å²) in [6, 6.07) is 15.7. The van der Waals surface area contributed by atoms with Crippen LogP contribution in [0.3, 0.4) is 0 Å². The van der Waals surface area contributed by atoms with E-state index in [1.165, 1.54) is 5.56 Å². The van der Waals surface area contributed by atoms with Crippen LogP contribution in [0, 0.1) is 0 Å². The van der Waals surface area contributed by atoms with Gasteiger partial charge >= 0.3 is 0 Å². The van der Waals surface area contributed by atoms with Crippen molar-refractivity contribution in [2.75, 3.05) is 7.11 Å². The van der Waals surface area contributed by atoms with Crippen LogP contribution in [0.25, 0.3) is 0 Å². The zero-order valence-corrected chi connectivity index (χ0v) is 14.6. The van der Waals surface area contributed by atoms with Crippen LogP contribution in [0.4, 0.5) is 0 Å². The van der Waals surface area contributed by atoms with Crippen molar-refractivity contribution in [1.29, 1.82) is 0 Å². The van der Waals surface area contributed by atoms with Crippen molar-refractivity contribution in [3.05, 3.63) is 77.9 Å². The summed E-state index contributed by atoms with van der Waals surface area (Å²) < 4.78 is 5.33. The van der Waals surface area contributed by atoms with Gasteiger partial charge in [0, 0.05) is 11.1 Å². The summed E-state index contributed by atoms with van der Waals surface area (Å²) in [6.07, 6.45) is 3.24. The molecule has 24 heavy (non-hydrogen) atoms. The Morgan fingerprint density at radius 3 is 2.54 bits per heavy atom. The number of hydrogen-bond donors (Lipinski definition) is 1. The highest BCUT2D eigenvalue weighted by molar-refractivity contribution is 5.95. The molecule has 0 heterocycles. The Morgan fingerprint density at radius 2 is 1.92 bits per heavy atom. The fraction of sp³-hybridized carbons (Fsp3) is 0.286. The second-order valence-electron chi connectivity index (χ2n) is 6.52. The fourth-order valence-corrected chi connectivity index (χ4v) is 2.76. The highest BCUT2D eigenvalue weighted by Crippen LogP contribution is 2.21. The van der Waals surface area contributed by atoms with Crippen LogP contribution in [0.15, 0.2) is 61.2 Å². The quantitative estimate of drug-likeness (QED) is 0.777. The van der Waals surface area contributed by atoms with E-state index in [0.717, 1.165) is 17.7 Å². The summed E-state index contributed by atoms with van der Waals surface area (Å²) in [4.78, 5) is 12.6. The molecule has 0 aliphatic heterocycles. The molecule has 3 heteroatoms. The highest BCUT2D eigenvalue weighted by atomic mass is 16.5. The maximum absolute atomic E-state index is 12.6. The molecule has 3 nitrogen and oxygen atoms in total. The number of allylic oxidation sites excluding steroid dienone is 1. The lowest BCUT2D eigenvalue weighted by Crippen LogP contribution is -2.45. The largest absolute Gasteiger partial charge is 0.496 e. The summed E-state index contributed by atoms with van der Waals surface area (Å²) >= 11 is 0. The molecule has 0 saturated carbocycles. The Kier molecular flexibility index (Phi) is 5.80. The highest BCUT2D eigenvalue weighted by Gasteiger charge is 2.22. The molecule has 0 saturated heterocycles. The Morgan fingerprint density at radius 1 is 1.21 bits per heavy atom. The second kappa shape index (κ2) is 7.82. The van der Waals surface area contributed by atoms with Crippen molar-refractivity contribution >= 4 is 5.91 Å². The summed E-state index contributed by atoms with van der Waals surface area (Å²) in [6.45, 7) is 7.82. The van der Waals surface area contributed by atoms with E-state index in [1.54, 1.807) is 19.3 Å². The lowest BCUT2D eigenvalue weighted by molar-refractivity contribution is 0.0913. The van der Waals surface area contributed by atoms with Crippen molar-refractivity contribution < 1.29 is 9.53 Å². The number of nitrogens with one attached hydrogen (secondary N) is 1. The minimum atomic E-state index is -0.336.